The van der Waals surface area contributed by atoms with Crippen molar-refractivity contribution in [2.45, 2.75) is 0 Å². The Kier molecular flexibility index (Phi) is 2.38. The van der Waals surface area contributed by atoms with E-state index in [-0.39, 0.29) is 0 Å². The van der Waals surface area contributed by atoms with Crippen LogP contribution in [0.25, 0.3) is 21.7 Å². The molecule has 2 aromatic carbocycles. The van der Waals surface area contributed by atoms with Gasteiger partial charge in [-0.3, -0.25) is 0 Å². The van der Waals surface area contributed by atoms with Gasteiger partial charge in [0.25, 0.3) is 0 Å². The Morgan fingerprint density at radius 3 is 2.47 bits per heavy atom. The van der Waals surface area contributed by atoms with Crippen LogP contribution in [0.4, 0.5) is 0 Å². The molecule has 0 unspecified atom stereocenters. The van der Waals surface area contributed by atoms with E-state index in [1.54, 1.807) is 0 Å². The third-order valence-electron chi connectivity index (χ3n) is 2.45. The zero-order chi connectivity index (χ0) is 10.7. The van der Waals surface area contributed by atoms with Crippen LogP contribution in [-0.2, 0) is 0 Å². The van der Waals surface area contributed by atoms with E-state index in [2.05, 4.69) is 54.0 Å². The van der Waals surface area contributed by atoms with Crippen molar-refractivity contribution in [3.63, 3.8) is 0 Å². The van der Waals surface area contributed by atoms with Crippen molar-refractivity contribution >= 4 is 21.7 Å². The Morgan fingerprint density at radius 1 is 0.867 bits per heavy atom. The molecule has 0 saturated heterocycles. The number of fused-ring (bicyclic) bond motifs is 3. The van der Waals surface area contributed by atoms with E-state index in [4.69, 9.17) is 5.26 Å². The minimum Gasteiger partial charge on any atom is -0.361 e. The van der Waals surface area contributed by atoms with Crippen LogP contribution in [0.3, 0.4) is 0 Å². The first-order valence-electron chi connectivity index (χ1n) is 4.66. The summed E-state index contributed by atoms with van der Waals surface area (Å²) in [6.45, 7) is 3.50. The van der Waals surface area contributed by atoms with Gasteiger partial charge in [0, 0.05) is 23.5 Å². The van der Waals surface area contributed by atoms with Gasteiger partial charge in [-0.25, -0.2) is 5.26 Å². The van der Waals surface area contributed by atoms with Crippen LogP contribution in [0.1, 0.15) is 0 Å². The van der Waals surface area contributed by atoms with Crippen molar-refractivity contribution in [2.75, 3.05) is 0 Å². The normalized spacial score (nSPS) is 9.73. The van der Waals surface area contributed by atoms with E-state index in [1.807, 2.05) is 6.20 Å². The van der Waals surface area contributed by atoms with Gasteiger partial charge in [0.1, 0.15) is 0 Å². The summed E-state index contributed by atoms with van der Waals surface area (Å²) in [5.41, 5.74) is 1.23. The summed E-state index contributed by atoms with van der Waals surface area (Å²) in [7, 11) is 0. The number of nitrogens with one attached hydrogen (secondary N) is 1. The molecule has 0 atom stereocenters. The molecule has 0 radical (unpaired) electrons. The fraction of sp³-hybridized carbons (Fsp3) is 0. The smallest absolute Gasteiger partial charge is 0.0533 e. The summed E-state index contributed by atoms with van der Waals surface area (Å²) in [6.07, 6.45) is 1.98. The van der Waals surface area contributed by atoms with Crippen LogP contribution in [0.5, 0.6) is 0 Å². The predicted octanol–water partition coefficient (Wildman–Crippen LogP) is 3.46. The molecule has 15 heavy (non-hydrogen) atoms. The molecule has 0 saturated carbocycles. The van der Waals surface area contributed by atoms with Gasteiger partial charge >= 0.3 is 0 Å². The van der Waals surface area contributed by atoms with Crippen molar-refractivity contribution in [3.8, 4) is 6.57 Å². The lowest BCUT2D eigenvalue weighted by Gasteiger charge is -1.97. The number of hydrogen-bond acceptors (Lipinski definition) is 1. The number of rotatable bonds is 0. The lowest BCUT2D eigenvalue weighted by Crippen LogP contribution is -1.73. The van der Waals surface area contributed by atoms with Crippen LogP contribution < -0.4 is 0 Å². The molecule has 0 aliphatic heterocycles. The highest BCUT2D eigenvalue weighted by molar-refractivity contribution is 6.05. The molecule has 0 amide bonds. The van der Waals surface area contributed by atoms with Crippen molar-refractivity contribution in [3.05, 3.63) is 48.7 Å². The molecule has 2 heteroatoms. The SMILES string of the molecule is C#N.c1ccc2c(c1)ccc1cc[nH]c12. The Hall–Kier alpha value is -2.27. The molecule has 0 spiro atoms. The maximum absolute atomic E-state index is 6.50. The molecule has 72 valence electrons. The average Bonchev–Trinajstić information content (AvgIpc) is 2.80. The third kappa shape index (κ3) is 1.44. The predicted molar refractivity (Wildman–Crippen MR) is 62.5 cm³/mol. The van der Waals surface area contributed by atoms with E-state index >= 15 is 0 Å². The highest BCUT2D eigenvalue weighted by Crippen LogP contribution is 2.23. The zero-order valence-corrected chi connectivity index (χ0v) is 8.14. The first-order chi connectivity index (χ1) is 7.45. The minimum absolute atomic E-state index is 1.23. The Bertz CT molecular complexity index is 605. The second-order valence-corrected chi connectivity index (χ2v) is 3.23. The first kappa shape index (κ1) is 9.29. The van der Waals surface area contributed by atoms with Crippen LogP contribution in [0.15, 0.2) is 48.7 Å². The van der Waals surface area contributed by atoms with Gasteiger partial charge in [0.15, 0.2) is 0 Å². The average molecular weight is 194 g/mol. The van der Waals surface area contributed by atoms with Crippen LogP contribution in [0.2, 0.25) is 0 Å². The number of nitrogens with zero attached hydrogens (tertiary/aromatic N) is 1. The van der Waals surface area contributed by atoms with E-state index in [9.17, 15) is 0 Å². The summed E-state index contributed by atoms with van der Waals surface area (Å²) >= 11 is 0. The second-order valence-electron chi connectivity index (χ2n) is 3.23. The zero-order valence-electron chi connectivity index (χ0n) is 8.14. The highest BCUT2D eigenvalue weighted by Gasteiger charge is 1.98. The molecule has 0 bridgehead atoms. The van der Waals surface area contributed by atoms with E-state index < -0.39 is 0 Å². The summed E-state index contributed by atoms with van der Waals surface area (Å²) < 4.78 is 0. The van der Waals surface area contributed by atoms with E-state index in [1.165, 1.54) is 21.7 Å². The van der Waals surface area contributed by atoms with Crippen LogP contribution in [0, 0.1) is 11.8 Å². The summed E-state index contributed by atoms with van der Waals surface area (Å²) in [6, 6.07) is 14.8. The fourth-order valence-corrected chi connectivity index (χ4v) is 1.80. The number of H-pyrrole nitrogens is 1. The highest BCUT2D eigenvalue weighted by atomic mass is 14.7. The molecule has 0 fully saturated rings. The van der Waals surface area contributed by atoms with E-state index in [0.717, 1.165) is 0 Å². The Morgan fingerprint density at radius 2 is 1.60 bits per heavy atom. The van der Waals surface area contributed by atoms with Gasteiger partial charge in [-0.2, -0.15) is 0 Å². The third-order valence-corrected chi connectivity index (χ3v) is 2.45. The van der Waals surface area contributed by atoms with Crippen molar-refractivity contribution in [1.29, 1.82) is 5.26 Å². The molecule has 1 N–H and O–H groups in total. The molecule has 3 rings (SSSR count). The lowest BCUT2D eigenvalue weighted by molar-refractivity contribution is 1.49. The van der Waals surface area contributed by atoms with Gasteiger partial charge in [-0.05, 0) is 11.5 Å². The minimum atomic E-state index is 1.23. The lowest BCUT2D eigenvalue weighted by atomic mass is 10.1. The van der Waals surface area contributed by atoms with Gasteiger partial charge in [0.05, 0.1) is 5.52 Å². The maximum Gasteiger partial charge on any atom is 0.0533 e. The first-order valence-corrected chi connectivity index (χ1v) is 4.66. The number of hydrogen-bond donors (Lipinski definition) is 1. The topological polar surface area (TPSA) is 39.6 Å². The molecular formula is C13H10N2. The maximum atomic E-state index is 6.50. The molecule has 0 aliphatic rings. The largest absolute Gasteiger partial charge is 0.361 e. The van der Waals surface area contributed by atoms with Crippen molar-refractivity contribution < 1.29 is 0 Å². The fourth-order valence-electron chi connectivity index (χ4n) is 1.80. The number of nitriles is 1. The summed E-state index contributed by atoms with van der Waals surface area (Å²) in [4.78, 5) is 3.26. The molecule has 3 aromatic rings. The summed E-state index contributed by atoms with van der Waals surface area (Å²) in [5.74, 6) is 0. The van der Waals surface area contributed by atoms with E-state index in [0.29, 0.717) is 0 Å². The Labute approximate surface area is 87.8 Å². The number of benzene rings is 2. The van der Waals surface area contributed by atoms with Crippen LogP contribution >= 0.6 is 0 Å². The molecule has 1 aromatic heterocycles. The molecule has 0 aliphatic carbocycles. The monoisotopic (exact) mass is 194 g/mol. The van der Waals surface area contributed by atoms with Gasteiger partial charge in [-0.15, -0.1) is 0 Å². The quantitative estimate of drug-likeness (QED) is 0.584. The standard InChI is InChI=1S/C12H9N.CHN/c1-2-4-11-9(3-1)5-6-10-7-8-13-12(10)11;1-2/h1-8,13H;1H. The Balaban J connectivity index is 0.000000404. The summed E-state index contributed by atoms with van der Waals surface area (Å²) in [5, 5.41) is 10.4. The molecular weight excluding hydrogens is 184 g/mol. The van der Waals surface area contributed by atoms with Gasteiger partial charge in [-0.1, -0.05) is 36.4 Å². The second kappa shape index (κ2) is 3.85. The number of aromatic amines is 1. The van der Waals surface area contributed by atoms with Crippen molar-refractivity contribution in [1.82, 2.24) is 4.98 Å². The molecule has 2 nitrogen and oxygen atoms in total. The van der Waals surface area contributed by atoms with Gasteiger partial charge in [0.2, 0.25) is 0 Å². The van der Waals surface area contributed by atoms with Crippen LogP contribution in [-0.4, -0.2) is 4.98 Å². The molecule has 1 heterocycles. The number of aromatic nitrogens is 1. The van der Waals surface area contributed by atoms with Gasteiger partial charge < -0.3 is 4.98 Å². The van der Waals surface area contributed by atoms with Crippen molar-refractivity contribution in [2.24, 2.45) is 0 Å².